The first kappa shape index (κ1) is 19.2. The van der Waals surface area contributed by atoms with Crippen LogP contribution in [0.4, 0.5) is 17.6 Å². The molecular formula is C21H26N6O2. The number of ether oxygens (including phenoxy) is 1. The molecule has 0 spiro atoms. The lowest BCUT2D eigenvalue weighted by Gasteiger charge is -2.21. The van der Waals surface area contributed by atoms with Crippen molar-refractivity contribution in [1.82, 2.24) is 9.97 Å². The van der Waals surface area contributed by atoms with Gasteiger partial charge in [0.1, 0.15) is 11.6 Å². The Kier molecular flexibility index (Phi) is 5.88. The third kappa shape index (κ3) is 5.01. The molecule has 0 saturated carbocycles. The second kappa shape index (κ2) is 8.89. The van der Waals surface area contributed by atoms with Gasteiger partial charge in [-0.05, 0) is 55.5 Å². The van der Waals surface area contributed by atoms with Crippen LogP contribution in [0, 0.1) is 0 Å². The molecule has 2 aliphatic rings. The minimum Gasteiger partial charge on any atom is -0.427 e. The van der Waals surface area contributed by atoms with E-state index in [1.807, 2.05) is 18.2 Å². The van der Waals surface area contributed by atoms with E-state index in [2.05, 4.69) is 25.3 Å². The molecule has 1 aromatic heterocycles. The molecule has 1 aromatic carbocycles. The highest BCUT2D eigenvalue weighted by Gasteiger charge is 2.20. The van der Waals surface area contributed by atoms with Gasteiger partial charge in [-0.1, -0.05) is 0 Å². The van der Waals surface area contributed by atoms with Crippen molar-refractivity contribution in [2.24, 2.45) is 5.10 Å². The predicted molar refractivity (Wildman–Crippen MR) is 114 cm³/mol. The molecule has 0 amide bonds. The number of hydrogen-bond donors (Lipinski definition) is 1. The maximum absolute atomic E-state index is 11.0. The number of rotatable bonds is 6. The summed E-state index contributed by atoms with van der Waals surface area (Å²) >= 11 is 0. The Hall–Kier alpha value is -3.16. The third-order valence-electron chi connectivity index (χ3n) is 5.05. The van der Waals surface area contributed by atoms with Crippen LogP contribution >= 0.6 is 0 Å². The Morgan fingerprint density at radius 2 is 1.69 bits per heavy atom. The third-order valence-corrected chi connectivity index (χ3v) is 5.05. The molecule has 152 valence electrons. The van der Waals surface area contributed by atoms with Gasteiger partial charge in [-0.2, -0.15) is 15.1 Å². The molecule has 29 heavy (non-hydrogen) atoms. The summed E-state index contributed by atoms with van der Waals surface area (Å²) in [4.78, 5) is 25.0. The molecule has 8 nitrogen and oxygen atoms in total. The summed E-state index contributed by atoms with van der Waals surface area (Å²) in [7, 11) is 0. The van der Waals surface area contributed by atoms with E-state index in [4.69, 9.17) is 9.72 Å². The van der Waals surface area contributed by atoms with Crippen molar-refractivity contribution in [2.75, 3.05) is 41.4 Å². The van der Waals surface area contributed by atoms with Crippen LogP contribution < -0.4 is 20.0 Å². The largest absolute Gasteiger partial charge is 0.427 e. The molecule has 0 atom stereocenters. The lowest BCUT2D eigenvalue weighted by atomic mass is 10.2. The van der Waals surface area contributed by atoms with Crippen LogP contribution in [0.25, 0.3) is 0 Å². The zero-order chi connectivity index (χ0) is 20.1. The maximum Gasteiger partial charge on any atom is 0.308 e. The van der Waals surface area contributed by atoms with Crippen molar-refractivity contribution in [3.05, 3.63) is 35.9 Å². The first-order valence-electron chi connectivity index (χ1n) is 10.1. The van der Waals surface area contributed by atoms with Crippen molar-refractivity contribution < 1.29 is 9.53 Å². The fraction of sp³-hybridized carbons (Fsp3) is 0.429. The molecule has 1 N–H and O–H groups in total. The molecule has 3 heterocycles. The summed E-state index contributed by atoms with van der Waals surface area (Å²) < 4.78 is 5.04. The molecule has 2 saturated heterocycles. The average Bonchev–Trinajstić information content (AvgIpc) is 3.43. The van der Waals surface area contributed by atoms with Gasteiger partial charge in [-0.3, -0.25) is 10.2 Å². The van der Waals surface area contributed by atoms with E-state index in [9.17, 15) is 4.79 Å². The number of anilines is 3. The van der Waals surface area contributed by atoms with Crippen LogP contribution in [0.5, 0.6) is 5.75 Å². The van der Waals surface area contributed by atoms with Crippen LogP contribution in [0.15, 0.2) is 35.4 Å². The highest BCUT2D eigenvalue weighted by atomic mass is 16.5. The summed E-state index contributed by atoms with van der Waals surface area (Å²) in [6.45, 7) is 5.46. The smallest absolute Gasteiger partial charge is 0.308 e. The lowest BCUT2D eigenvalue weighted by molar-refractivity contribution is -0.131. The van der Waals surface area contributed by atoms with Crippen molar-refractivity contribution >= 4 is 29.8 Å². The maximum atomic E-state index is 11.0. The molecular weight excluding hydrogens is 368 g/mol. The molecule has 2 aliphatic heterocycles. The minimum atomic E-state index is -0.334. The summed E-state index contributed by atoms with van der Waals surface area (Å²) in [5.74, 6) is 2.61. The lowest BCUT2D eigenvalue weighted by Crippen LogP contribution is -2.24. The van der Waals surface area contributed by atoms with Gasteiger partial charge >= 0.3 is 5.97 Å². The SMILES string of the molecule is CC(=O)Oc1ccc(/C=N\Nc2cc(N3CCCC3)nc(N3CCCC3)n2)cc1. The number of carbonyl (C=O) groups excluding carboxylic acids is 1. The normalized spacial score (nSPS) is 16.6. The number of nitrogens with zero attached hydrogens (tertiary/aromatic N) is 5. The van der Waals surface area contributed by atoms with Gasteiger partial charge < -0.3 is 14.5 Å². The van der Waals surface area contributed by atoms with Crippen molar-refractivity contribution in [2.45, 2.75) is 32.6 Å². The Morgan fingerprint density at radius 3 is 2.34 bits per heavy atom. The van der Waals surface area contributed by atoms with Crippen LogP contribution in [0.1, 0.15) is 38.2 Å². The molecule has 2 aromatic rings. The van der Waals surface area contributed by atoms with E-state index in [0.29, 0.717) is 11.6 Å². The number of benzene rings is 1. The van der Waals surface area contributed by atoms with Gasteiger partial charge in [0, 0.05) is 39.2 Å². The molecule has 8 heteroatoms. The van der Waals surface area contributed by atoms with E-state index < -0.39 is 0 Å². The zero-order valence-corrected chi connectivity index (χ0v) is 16.7. The summed E-state index contributed by atoms with van der Waals surface area (Å²) in [6.07, 6.45) is 6.48. The van der Waals surface area contributed by atoms with Gasteiger partial charge in [0.15, 0.2) is 5.82 Å². The second-order valence-electron chi connectivity index (χ2n) is 7.33. The van der Waals surface area contributed by atoms with Crippen LogP contribution in [-0.4, -0.2) is 48.3 Å². The first-order valence-corrected chi connectivity index (χ1v) is 10.1. The van der Waals surface area contributed by atoms with Crippen molar-refractivity contribution in [1.29, 1.82) is 0 Å². The number of aromatic nitrogens is 2. The van der Waals surface area contributed by atoms with E-state index >= 15 is 0 Å². The standard InChI is InChI=1S/C21H26N6O2/c1-16(28)29-18-8-6-17(7-9-18)15-22-25-19-14-20(26-10-2-3-11-26)24-21(23-19)27-12-4-5-13-27/h6-9,14-15H,2-5,10-13H2,1H3,(H,23,24,25)/b22-15-. The number of esters is 1. The molecule has 4 rings (SSSR count). The minimum absolute atomic E-state index is 0.334. The van der Waals surface area contributed by atoms with Crippen LogP contribution in [0.3, 0.4) is 0 Å². The highest BCUT2D eigenvalue weighted by molar-refractivity contribution is 5.80. The topological polar surface area (TPSA) is 82.9 Å². The van der Waals surface area contributed by atoms with E-state index in [0.717, 1.165) is 43.5 Å². The van der Waals surface area contributed by atoms with Gasteiger partial charge in [0.2, 0.25) is 5.95 Å². The summed E-state index contributed by atoms with van der Waals surface area (Å²) in [6, 6.07) is 9.13. The first-order chi connectivity index (χ1) is 14.2. The molecule has 0 unspecified atom stereocenters. The van der Waals surface area contributed by atoms with Gasteiger partial charge in [-0.15, -0.1) is 0 Å². The van der Waals surface area contributed by atoms with E-state index in [-0.39, 0.29) is 5.97 Å². The quantitative estimate of drug-likeness (QED) is 0.349. The van der Waals surface area contributed by atoms with Gasteiger partial charge in [0.05, 0.1) is 6.21 Å². The molecule has 2 fully saturated rings. The Balaban J connectivity index is 1.48. The fourth-order valence-corrected chi connectivity index (χ4v) is 3.61. The molecule has 0 radical (unpaired) electrons. The average molecular weight is 394 g/mol. The second-order valence-corrected chi connectivity index (χ2v) is 7.33. The number of hydrazone groups is 1. The number of hydrogen-bond acceptors (Lipinski definition) is 8. The highest BCUT2D eigenvalue weighted by Crippen LogP contribution is 2.25. The van der Waals surface area contributed by atoms with E-state index in [1.165, 1.54) is 32.6 Å². The van der Waals surface area contributed by atoms with E-state index in [1.54, 1.807) is 18.3 Å². The van der Waals surface area contributed by atoms with Gasteiger partial charge in [0.25, 0.3) is 0 Å². The molecule has 0 bridgehead atoms. The van der Waals surface area contributed by atoms with Crippen molar-refractivity contribution in [3.63, 3.8) is 0 Å². The predicted octanol–water partition coefficient (Wildman–Crippen LogP) is 3.05. The number of carbonyl (C=O) groups is 1. The Bertz CT molecular complexity index is 837. The monoisotopic (exact) mass is 394 g/mol. The zero-order valence-electron chi connectivity index (χ0n) is 16.7. The number of nitrogens with one attached hydrogen (secondary N) is 1. The Morgan fingerprint density at radius 1 is 1.03 bits per heavy atom. The van der Waals surface area contributed by atoms with Crippen LogP contribution in [-0.2, 0) is 4.79 Å². The van der Waals surface area contributed by atoms with Crippen molar-refractivity contribution in [3.8, 4) is 5.75 Å². The summed E-state index contributed by atoms with van der Waals surface area (Å²) in [5.41, 5.74) is 3.94. The fourth-order valence-electron chi connectivity index (χ4n) is 3.61. The Labute approximate surface area is 170 Å². The van der Waals surface area contributed by atoms with Crippen LogP contribution in [0.2, 0.25) is 0 Å². The van der Waals surface area contributed by atoms with Gasteiger partial charge in [-0.25, -0.2) is 0 Å². The summed E-state index contributed by atoms with van der Waals surface area (Å²) in [5, 5.41) is 4.33. The molecule has 0 aliphatic carbocycles.